The third-order valence-electron chi connectivity index (χ3n) is 4.73. The maximum Gasteiger partial charge on any atom is 0.338 e. The fraction of sp³-hybridized carbons (Fsp3) is 0.304. The number of nitrogens with zero attached hydrogens (tertiary/aromatic N) is 1. The van der Waals surface area contributed by atoms with Gasteiger partial charge in [0.1, 0.15) is 6.04 Å². The molecule has 1 heterocycles. The highest BCUT2D eigenvalue weighted by Gasteiger charge is 2.43. The number of ether oxygens (including phenoxy) is 1. The van der Waals surface area contributed by atoms with Gasteiger partial charge in [0.05, 0.1) is 22.8 Å². The number of esters is 1. The molecule has 3 amide bonds. The number of imide groups is 1. The molecule has 0 saturated heterocycles. The van der Waals surface area contributed by atoms with Crippen LogP contribution in [0.3, 0.4) is 0 Å². The van der Waals surface area contributed by atoms with E-state index < -0.39 is 29.7 Å². The van der Waals surface area contributed by atoms with Crippen molar-refractivity contribution in [3.63, 3.8) is 0 Å². The molecule has 1 atom stereocenters. The van der Waals surface area contributed by atoms with Gasteiger partial charge in [-0.3, -0.25) is 19.3 Å². The van der Waals surface area contributed by atoms with Crippen molar-refractivity contribution in [2.24, 2.45) is 5.92 Å². The number of rotatable bonds is 6. The fourth-order valence-corrected chi connectivity index (χ4v) is 3.37. The first-order chi connectivity index (χ1) is 14.2. The minimum Gasteiger partial charge on any atom is -0.459 e. The Morgan fingerprint density at radius 1 is 0.867 bits per heavy atom. The Kier molecular flexibility index (Phi) is 6.01. The maximum atomic E-state index is 13.0. The SMILES string of the molecule is CC(C)OC(=O)c1ccc(NC(=O)[C@H](C(C)C)N2C(=O)c3ccccc3C2=O)cc1. The summed E-state index contributed by atoms with van der Waals surface area (Å²) in [6.45, 7) is 7.08. The highest BCUT2D eigenvalue weighted by molar-refractivity contribution is 6.23. The van der Waals surface area contributed by atoms with Crippen LogP contribution in [0, 0.1) is 5.92 Å². The number of carbonyl (C=O) groups excluding carboxylic acids is 4. The zero-order chi connectivity index (χ0) is 22.0. The van der Waals surface area contributed by atoms with Crippen molar-refractivity contribution in [2.45, 2.75) is 39.8 Å². The Labute approximate surface area is 175 Å². The van der Waals surface area contributed by atoms with E-state index in [1.165, 1.54) is 0 Å². The molecule has 156 valence electrons. The van der Waals surface area contributed by atoms with E-state index in [9.17, 15) is 19.2 Å². The first-order valence-corrected chi connectivity index (χ1v) is 9.79. The van der Waals surface area contributed by atoms with Crippen molar-refractivity contribution in [1.82, 2.24) is 4.90 Å². The third kappa shape index (κ3) is 4.10. The van der Waals surface area contributed by atoms with E-state index in [4.69, 9.17) is 4.74 Å². The molecule has 1 aliphatic rings. The van der Waals surface area contributed by atoms with Crippen molar-refractivity contribution >= 4 is 29.4 Å². The second kappa shape index (κ2) is 8.49. The van der Waals surface area contributed by atoms with E-state index in [-0.39, 0.29) is 12.0 Å². The molecule has 0 saturated carbocycles. The predicted molar refractivity (Wildman–Crippen MR) is 111 cm³/mol. The first-order valence-electron chi connectivity index (χ1n) is 9.79. The molecule has 0 bridgehead atoms. The Morgan fingerprint density at radius 2 is 1.40 bits per heavy atom. The largest absolute Gasteiger partial charge is 0.459 e. The van der Waals surface area contributed by atoms with Gasteiger partial charge >= 0.3 is 5.97 Å². The second-order valence-corrected chi connectivity index (χ2v) is 7.74. The van der Waals surface area contributed by atoms with Crippen LogP contribution < -0.4 is 5.32 Å². The standard InChI is InChI=1S/C23H24N2O5/c1-13(2)19(25-21(27)17-7-5-6-8-18(17)22(25)28)20(26)24-16-11-9-15(10-12-16)23(29)30-14(3)4/h5-14,19H,1-4H3,(H,24,26)/t19-/m0/s1. The topological polar surface area (TPSA) is 92.8 Å². The molecular formula is C23H24N2O5. The molecule has 30 heavy (non-hydrogen) atoms. The summed E-state index contributed by atoms with van der Waals surface area (Å²) in [5.41, 5.74) is 1.41. The van der Waals surface area contributed by atoms with E-state index in [2.05, 4.69) is 5.32 Å². The third-order valence-corrected chi connectivity index (χ3v) is 4.73. The van der Waals surface area contributed by atoms with E-state index in [1.54, 1.807) is 76.2 Å². The van der Waals surface area contributed by atoms with Crippen LogP contribution in [0.5, 0.6) is 0 Å². The zero-order valence-corrected chi connectivity index (χ0v) is 17.3. The van der Waals surface area contributed by atoms with Crippen molar-refractivity contribution in [1.29, 1.82) is 0 Å². The summed E-state index contributed by atoms with van der Waals surface area (Å²) in [4.78, 5) is 51.6. The number of carbonyl (C=O) groups is 4. The molecule has 0 unspecified atom stereocenters. The van der Waals surface area contributed by atoms with Crippen LogP contribution in [0.1, 0.15) is 58.8 Å². The van der Waals surface area contributed by atoms with Crippen LogP contribution in [0.4, 0.5) is 5.69 Å². The average Bonchev–Trinajstić information content (AvgIpc) is 2.93. The Hall–Kier alpha value is -3.48. The molecule has 0 fully saturated rings. The quantitative estimate of drug-likeness (QED) is 0.583. The Morgan fingerprint density at radius 3 is 1.87 bits per heavy atom. The lowest BCUT2D eigenvalue weighted by Crippen LogP contribution is -2.50. The number of amides is 3. The van der Waals surface area contributed by atoms with E-state index in [0.717, 1.165) is 4.90 Å². The summed E-state index contributed by atoms with van der Waals surface area (Å²) in [6.07, 6.45) is -0.233. The lowest BCUT2D eigenvalue weighted by atomic mass is 10.0. The predicted octanol–water partition coefficient (Wildman–Crippen LogP) is 3.51. The summed E-state index contributed by atoms with van der Waals surface area (Å²) < 4.78 is 5.14. The van der Waals surface area contributed by atoms with Gasteiger partial charge in [0.25, 0.3) is 11.8 Å². The molecule has 3 rings (SSSR count). The number of hydrogen-bond acceptors (Lipinski definition) is 5. The lowest BCUT2D eigenvalue weighted by molar-refractivity contribution is -0.121. The van der Waals surface area contributed by atoms with Crippen LogP contribution in [0.25, 0.3) is 0 Å². The molecule has 0 radical (unpaired) electrons. The van der Waals surface area contributed by atoms with Gasteiger partial charge in [0.15, 0.2) is 0 Å². The van der Waals surface area contributed by atoms with Crippen LogP contribution >= 0.6 is 0 Å². The van der Waals surface area contributed by atoms with Gasteiger partial charge < -0.3 is 10.1 Å². The molecule has 0 spiro atoms. The molecule has 0 aliphatic carbocycles. The Balaban J connectivity index is 1.78. The van der Waals surface area contributed by atoms with Gasteiger partial charge in [-0.1, -0.05) is 26.0 Å². The zero-order valence-electron chi connectivity index (χ0n) is 17.3. The minimum absolute atomic E-state index is 0.233. The number of anilines is 1. The number of fused-ring (bicyclic) bond motifs is 1. The average molecular weight is 408 g/mol. The first kappa shape index (κ1) is 21.2. The number of benzene rings is 2. The summed E-state index contributed by atoms with van der Waals surface area (Å²) in [5.74, 6) is -2.18. The summed E-state index contributed by atoms with van der Waals surface area (Å²) in [5, 5.41) is 2.74. The molecule has 7 nitrogen and oxygen atoms in total. The van der Waals surface area contributed by atoms with E-state index >= 15 is 0 Å². The Bertz CT molecular complexity index is 960. The van der Waals surface area contributed by atoms with Crippen molar-refractivity contribution in [3.8, 4) is 0 Å². The molecule has 7 heteroatoms. The smallest absolute Gasteiger partial charge is 0.338 e. The van der Waals surface area contributed by atoms with Crippen LogP contribution in [0.2, 0.25) is 0 Å². The molecule has 1 aliphatic heterocycles. The summed E-state index contributed by atoms with van der Waals surface area (Å²) >= 11 is 0. The van der Waals surface area contributed by atoms with Crippen molar-refractivity contribution in [2.75, 3.05) is 5.32 Å². The number of hydrogen-bond donors (Lipinski definition) is 1. The van der Waals surface area contributed by atoms with Gasteiger partial charge in [-0.15, -0.1) is 0 Å². The summed E-state index contributed by atoms with van der Waals surface area (Å²) in [6, 6.07) is 11.8. The minimum atomic E-state index is -0.969. The normalized spacial score (nSPS) is 14.1. The molecule has 2 aromatic carbocycles. The van der Waals surface area contributed by atoms with E-state index in [1.807, 2.05) is 0 Å². The number of nitrogens with one attached hydrogen (secondary N) is 1. The summed E-state index contributed by atoms with van der Waals surface area (Å²) in [7, 11) is 0. The van der Waals surface area contributed by atoms with Crippen LogP contribution in [0.15, 0.2) is 48.5 Å². The molecule has 1 N–H and O–H groups in total. The molecular weight excluding hydrogens is 384 g/mol. The second-order valence-electron chi connectivity index (χ2n) is 7.74. The lowest BCUT2D eigenvalue weighted by Gasteiger charge is -2.28. The molecule has 2 aromatic rings. The highest BCUT2D eigenvalue weighted by atomic mass is 16.5. The van der Waals surface area contributed by atoms with Crippen molar-refractivity contribution in [3.05, 3.63) is 65.2 Å². The van der Waals surface area contributed by atoms with Gasteiger partial charge in [-0.2, -0.15) is 0 Å². The van der Waals surface area contributed by atoms with Crippen LogP contribution in [-0.4, -0.2) is 40.7 Å². The fourth-order valence-electron chi connectivity index (χ4n) is 3.37. The maximum absolute atomic E-state index is 13.0. The van der Waals surface area contributed by atoms with E-state index in [0.29, 0.717) is 22.4 Å². The van der Waals surface area contributed by atoms with Gasteiger partial charge in [0, 0.05) is 5.69 Å². The van der Waals surface area contributed by atoms with Gasteiger partial charge in [0.2, 0.25) is 5.91 Å². The van der Waals surface area contributed by atoms with Crippen molar-refractivity contribution < 1.29 is 23.9 Å². The van der Waals surface area contributed by atoms with Gasteiger partial charge in [-0.25, -0.2) is 4.79 Å². The highest BCUT2D eigenvalue weighted by Crippen LogP contribution is 2.27. The van der Waals surface area contributed by atoms with Gasteiger partial charge in [-0.05, 0) is 56.2 Å². The molecule has 0 aromatic heterocycles. The monoisotopic (exact) mass is 408 g/mol. The van der Waals surface area contributed by atoms with Crippen LogP contribution in [-0.2, 0) is 9.53 Å².